The number of aliphatic hydroxyl groups excluding tert-OH is 1. The van der Waals surface area contributed by atoms with Gasteiger partial charge in [-0.2, -0.15) is 0 Å². The molecule has 0 saturated carbocycles. The number of hydrogen-bond donors (Lipinski definition) is 1. The van der Waals surface area contributed by atoms with Crippen LogP contribution in [0.15, 0.2) is 0 Å². The number of carbonyl (C=O) groups is 2. The minimum atomic E-state index is -0.275. The summed E-state index contributed by atoms with van der Waals surface area (Å²) in [6.45, 7) is 15.2. The van der Waals surface area contributed by atoms with Gasteiger partial charge in [-0.3, -0.25) is 4.79 Å². The standard InChI is InChI=1S/C9H18O3.C6H11O.CH4.Y/c1-9(2,3)8(11)4-6-12-7-5-10;1-5(7)6(2,3)4;;/h10H,4-7H2,1-3H3;1H2,2-4H3;1H4;/q;-1;;. The van der Waals surface area contributed by atoms with Gasteiger partial charge in [0.2, 0.25) is 0 Å². The first kappa shape index (κ1) is 29.3. The number of aliphatic hydroxyl groups is 1. The minimum absolute atomic E-state index is 0. The zero-order valence-electron chi connectivity index (χ0n) is 13.8. The van der Waals surface area contributed by atoms with Crippen LogP contribution in [0.2, 0.25) is 0 Å². The van der Waals surface area contributed by atoms with Crippen molar-refractivity contribution in [3.8, 4) is 0 Å². The Morgan fingerprint density at radius 3 is 1.62 bits per heavy atom. The summed E-state index contributed by atoms with van der Waals surface area (Å²) in [5, 5.41) is 8.38. The van der Waals surface area contributed by atoms with Crippen molar-refractivity contribution in [2.45, 2.75) is 55.4 Å². The molecule has 1 N–H and O–H groups in total. The Labute approximate surface area is 156 Å². The molecule has 0 aliphatic rings. The molecule has 0 aromatic heterocycles. The zero-order chi connectivity index (χ0) is 15.7. The van der Waals surface area contributed by atoms with Crippen LogP contribution in [0.3, 0.4) is 0 Å². The van der Waals surface area contributed by atoms with Crippen molar-refractivity contribution in [3.63, 3.8) is 0 Å². The van der Waals surface area contributed by atoms with Gasteiger partial charge in [-0.1, -0.05) is 49.0 Å². The summed E-state index contributed by atoms with van der Waals surface area (Å²) in [6, 6.07) is 0. The van der Waals surface area contributed by atoms with Crippen molar-refractivity contribution in [2.24, 2.45) is 10.8 Å². The van der Waals surface area contributed by atoms with Gasteiger partial charge in [0, 0.05) is 50.3 Å². The first-order chi connectivity index (χ1) is 8.42. The molecule has 0 rings (SSSR count). The predicted molar refractivity (Wildman–Crippen MR) is 83.5 cm³/mol. The fourth-order valence-electron chi connectivity index (χ4n) is 0.706. The summed E-state index contributed by atoms with van der Waals surface area (Å²) in [4.78, 5) is 21.6. The molecule has 5 heteroatoms. The third-order valence-corrected chi connectivity index (χ3v) is 2.38. The summed E-state index contributed by atoms with van der Waals surface area (Å²) < 4.78 is 4.98. The molecular weight excluding hydrogens is 345 g/mol. The van der Waals surface area contributed by atoms with Crippen LogP contribution < -0.4 is 0 Å². The van der Waals surface area contributed by atoms with Crippen molar-refractivity contribution < 1.29 is 52.1 Å². The van der Waals surface area contributed by atoms with Gasteiger partial charge in [0.25, 0.3) is 0 Å². The van der Waals surface area contributed by atoms with Gasteiger partial charge < -0.3 is 21.6 Å². The molecule has 0 heterocycles. The molecule has 0 aromatic rings. The number of carbonyl (C=O) groups excluding carboxylic acids is 2. The molecule has 0 bridgehead atoms. The largest absolute Gasteiger partial charge is 0.394 e. The first-order valence-electron chi connectivity index (χ1n) is 6.51. The van der Waals surface area contributed by atoms with Crippen LogP contribution in [0, 0.1) is 17.8 Å². The Bertz CT molecular complexity index is 275. The van der Waals surface area contributed by atoms with E-state index in [1.165, 1.54) is 0 Å². The molecule has 21 heavy (non-hydrogen) atoms. The van der Waals surface area contributed by atoms with Crippen LogP contribution in [-0.4, -0.2) is 36.5 Å². The molecule has 0 aromatic carbocycles. The molecule has 0 aliphatic heterocycles. The van der Waals surface area contributed by atoms with Crippen LogP contribution in [-0.2, 0) is 47.0 Å². The van der Waals surface area contributed by atoms with Gasteiger partial charge in [-0.05, 0) is 5.41 Å². The molecule has 0 atom stereocenters. The summed E-state index contributed by atoms with van der Waals surface area (Å²) in [7, 11) is 0. The van der Waals surface area contributed by atoms with E-state index in [0.29, 0.717) is 19.6 Å². The molecule has 0 aliphatic carbocycles. The number of Topliss-reactive ketones (excluding diaryl/α,β-unsaturated/α-hetero) is 2. The molecule has 0 spiro atoms. The Balaban J connectivity index is -0.000000140. The van der Waals surface area contributed by atoms with E-state index in [1.54, 1.807) is 0 Å². The average molecular weight is 378 g/mol. The monoisotopic (exact) mass is 378 g/mol. The maximum absolute atomic E-state index is 11.3. The van der Waals surface area contributed by atoms with Crippen LogP contribution in [0.1, 0.15) is 55.4 Å². The second-order valence-corrected chi connectivity index (χ2v) is 6.43. The number of hydrogen-bond acceptors (Lipinski definition) is 4. The van der Waals surface area contributed by atoms with E-state index < -0.39 is 0 Å². The molecule has 0 saturated heterocycles. The van der Waals surface area contributed by atoms with Gasteiger partial charge >= 0.3 is 0 Å². The average Bonchev–Trinajstić information content (AvgIpc) is 2.22. The molecule has 0 unspecified atom stereocenters. The molecular formula is C16H33O4Y-. The Morgan fingerprint density at radius 1 is 1.00 bits per heavy atom. The van der Waals surface area contributed by atoms with Crippen LogP contribution >= 0.6 is 0 Å². The van der Waals surface area contributed by atoms with Crippen molar-refractivity contribution in [3.05, 3.63) is 6.92 Å². The van der Waals surface area contributed by atoms with Crippen LogP contribution in [0.4, 0.5) is 0 Å². The second kappa shape index (κ2) is 13.9. The van der Waals surface area contributed by atoms with Gasteiger partial charge in [0.1, 0.15) is 5.78 Å². The molecule has 125 valence electrons. The SMILES string of the molecule is C.CC(C)(C)C(=O)CCOCCO.[CH2-]C(=O)C(C)(C)C.[Y]. The van der Waals surface area contributed by atoms with Crippen molar-refractivity contribution in [1.82, 2.24) is 0 Å². The van der Waals surface area contributed by atoms with Crippen molar-refractivity contribution in [1.29, 1.82) is 0 Å². The van der Waals surface area contributed by atoms with E-state index >= 15 is 0 Å². The number of rotatable bonds is 5. The molecule has 4 nitrogen and oxygen atoms in total. The Morgan fingerprint density at radius 2 is 1.38 bits per heavy atom. The Hall–Kier alpha value is 0.234. The third kappa shape index (κ3) is 20.2. The Kier molecular flexibility index (Phi) is 19.3. The summed E-state index contributed by atoms with van der Waals surface area (Å²) in [5.74, 6) is 0.188. The van der Waals surface area contributed by atoms with Crippen molar-refractivity contribution in [2.75, 3.05) is 19.8 Å². The predicted octanol–water partition coefficient (Wildman–Crippen LogP) is 3.07. The maximum Gasteiger partial charge on any atom is 0.140 e. The van der Waals surface area contributed by atoms with E-state index in [1.807, 2.05) is 41.5 Å². The summed E-state index contributed by atoms with van der Waals surface area (Å²) in [6.07, 6.45) is 0.434. The quantitative estimate of drug-likeness (QED) is 0.590. The number of ether oxygens (including phenoxy) is 1. The van der Waals surface area contributed by atoms with E-state index in [0.717, 1.165) is 0 Å². The topological polar surface area (TPSA) is 63.6 Å². The van der Waals surface area contributed by atoms with Crippen LogP contribution in [0.5, 0.6) is 0 Å². The van der Waals surface area contributed by atoms with E-state index in [-0.39, 0.29) is 69.1 Å². The second-order valence-electron chi connectivity index (χ2n) is 6.43. The summed E-state index contributed by atoms with van der Waals surface area (Å²) >= 11 is 0. The van der Waals surface area contributed by atoms with Gasteiger partial charge in [0.05, 0.1) is 19.8 Å². The maximum atomic E-state index is 11.3. The van der Waals surface area contributed by atoms with Gasteiger partial charge in [-0.15, -0.1) is 0 Å². The van der Waals surface area contributed by atoms with E-state index in [2.05, 4.69) is 6.92 Å². The normalized spacial score (nSPS) is 10.4. The van der Waals surface area contributed by atoms with Crippen molar-refractivity contribution >= 4 is 11.6 Å². The van der Waals surface area contributed by atoms with E-state index in [9.17, 15) is 9.59 Å². The zero-order valence-corrected chi connectivity index (χ0v) is 16.6. The minimum Gasteiger partial charge on any atom is -0.394 e. The summed E-state index contributed by atoms with van der Waals surface area (Å²) in [5.41, 5.74) is -0.525. The van der Waals surface area contributed by atoms with Gasteiger partial charge in [-0.25, -0.2) is 0 Å². The van der Waals surface area contributed by atoms with Crippen LogP contribution in [0.25, 0.3) is 0 Å². The third-order valence-electron chi connectivity index (χ3n) is 2.38. The molecule has 1 radical (unpaired) electrons. The first-order valence-corrected chi connectivity index (χ1v) is 6.51. The fourth-order valence-corrected chi connectivity index (χ4v) is 0.706. The van der Waals surface area contributed by atoms with E-state index in [4.69, 9.17) is 9.84 Å². The number of ketones is 2. The molecule has 0 amide bonds. The van der Waals surface area contributed by atoms with Gasteiger partial charge in [0.15, 0.2) is 0 Å². The fraction of sp³-hybridized carbons (Fsp3) is 0.812. The smallest absolute Gasteiger partial charge is 0.140 e. The molecule has 0 fully saturated rings.